The minimum atomic E-state index is -0.522. The number of hydrogen-bond acceptors (Lipinski definition) is 5. The zero-order chi connectivity index (χ0) is 21.7. The third-order valence-corrected chi connectivity index (χ3v) is 7.13. The molecule has 0 aromatic heterocycles. The molecule has 31 heavy (non-hydrogen) atoms. The number of carbonyl (C=O) groups is 1. The molecule has 7 heteroatoms. The molecular formula is C24H18BrClN2O3. The molecule has 3 atom stereocenters. The van der Waals surface area contributed by atoms with Gasteiger partial charge in [-0.2, -0.15) is 5.26 Å². The minimum Gasteiger partial charge on any atom is -0.454 e. The van der Waals surface area contributed by atoms with Gasteiger partial charge in [-0.05, 0) is 54.7 Å². The Hall–Kier alpha value is -2.62. The van der Waals surface area contributed by atoms with E-state index in [0.717, 1.165) is 27.0 Å². The summed E-state index contributed by atoms with van der Waals surface area (Å²) in [7, 11) is 0. The number of nitriles is 1. The zero-order valence-electron chi connectivity index (χ0n) is 16.7. The summed E-state index contributed by atoms with van der Waals surface area (Å²) >= 11 is 9.65. The molecule has 1 aliphatic carbocycles. The van der Waals surface area contributed by atoms with Crippen LogP contribution < -0.4 is 9.47 Å². The molecule has 2 aromatic rings. The number of carbonyl (C=O) groups excluding carboxylic acids is 1. The third-order valence-electron chi connectivity index (χ3n) is 6.20. The highest BCUT2D eigenvalue weighted by molar-refractivity contribution is 9.10. The van der Waals surface area contributed by atoms with Gasteiger partial charge in [-0.3, -0.25) is 9.79 Å². The zero-order valence-corrected chi connectivity index (χ0v) is 19.0. The predicted octanol–water partition coefficient (Wildman–Crippen LogP) is 5.93. The largest absolute Gasteiger partial charge is 0.454 e. The SMILES string of the molecule is CC1=NC2=C(C(=O)C[C@@H](c3ccc(Cl)cc3)C2)[C@@H](c2cc3c(cc2Br)OCO3)C1C#N. The van der Waals surface area contributed by atoms with Crippen molar-refractivity contribution in [1.29, 1.82) is 5.26 Å². The van der Waals surface area contributed by atoms with Crippen LogP contribution in [-0.2, 0) is 4.79 Å². The van der Waals surface area contributed by atoms with Crippen LogP contribution in [0.5, 0.6) is 11.5 Å². The summed E-state index contributed by atoms with van der Waals surface area (Å²) in [6.07, 6.45) is 1.03. The fraction of sp³-hybridized carbons (Fsp3) is 0.292. The first-order valence-electron chi connectivity index (χ1n) is 10.0. The van der Waals surface area contributed by atoms with Crippen LogP contribution in [0, 0.1) is 17.2 Å². The number of fused-ring (bicyclic) bond motifs is 1. The molecule has 0 spiro atoms. The van der Waals surface area contributed by atoms with Crippen molar-refractivity contribution >= 4 is 39.0 Å². The number of halogens is 2. The number of ketones is 1. The van der Waals surface area contributed by atoms with Gasteiger partial charge in [-0.15, -0.1) is 0 Å². The second kappa shape index (κ2) is 7.81. The summed E-state index contributed by atoms with van der Waals surface area (Å²) in [5.41, 5.74) is 4.05. The Balaban J connectivity index is 1.61. The summed E-state index contributed by atoms with van der Waals surface area (Å²) in [6.45, 7) is 2.02. The van der Waals surface area contributed by atoms with Gasteiger partial charge in [0.15, 0.2) is 17.3 Å². The van der Waals surface area contributed by atoms with Crippen molar-refractivity contribution in [1.82, 2.24) is 0 Å². The van der Waals surface area contributed by atoms with Gasteiger partial charge in [-0.1, -0.05) is 39.7 Å². The van der Waals surface area contributed by atoms with Crippen molar-refractivity contribution in [2.45, 2.75) is 31.6 Å². The average molecular weight is 498 g/mol. The lowest BCUT2D eigenvalue weighted by Gasteiger charge is -2.35. The van der Waals surface area contributed by atoms with Crippen molar-refractivity contribution in [2.24, 2.45) is 10.9 Å². The molecule has 0 N–H and O–H groups in total. The maximum Gasteiger partial charge on any atom is 0.231 e. The standard InChI is InChI=1S/C24H18BrClN2O3/c1-12-17(10-27)23(16-8-21-22(9-18(16)25)31-11-30-21)24-19(28-12)6-14(7-20(24)29)13-2-4-15(26)5-3-13/h2-5,8-9,14,17,23H,6-7,11H2,1H3/t14-,17?,23-/m0/s1. The number of Topliss-reactive ketones (excluding diaryl/α,β-unsaturated/α-hetero) is 1. The minimum absolute atomic E-state index is 0.0345. The van der Waals surface area contributed by atoms with Crippen molar-refractivity contribution < 1.29 is 14.3 Å². The van der Waals surface area contributed by atoms with Gasteiger partial charge >= 0.3 is 0 Å². The quantitative estimate of drug-likeness (QED) is 0.515. The molecule has 2 aromatic carbocycles. The first-order valence-corrected chi connectivity index (χ1v) is 11.2. The Morgan fingerprint density at radius 2 is 1.87 bits per heavy atom. The third kappa shape index (κ3) is 3.46. The van der Waals surface area contributed by atoms with Gasteiger partial charge in [0, 0.05) is 38.8 Å². The number of allylic oxidation sites excluding steroid dienone is 2. The maximum atomic E-state index is 13.4. The van der Waals surface area contributed by atoms with E-state index in [9.17, 15) is 10.1 Å². The molecule has 0 amide bonds. The Morgan fingerprint density at radius 1 is 1.16 bits per heavy atom. The molecule has 156 valence electrons. The fourth-order valence-electron chi connectivity index (χ4n) is 4.70. The number of hydrogen-bond donors (Lipinski definition) is 0. The van der Waals surface area contributed by atoms with Gasteiger partial charge < -0.3 is 9.47 Å². The summed E-state index contributed by atoms with van der Waals surface area (Å²) in [5.74, 6) is 0.426. The molecule has 0 saturated carbocycles. The van der Waals surface area contributed by atoms with E-state index >= 15 is 0 Å². The maximum absolute atomic E-state index is 13.4. The van der Waals surface area contributed by atoms with Crippen LogP contribution in [0.25, 0.3) is 0 Å². The normalized spacial score (nSPS) is 24.5. The molecule has 0 radical (unpaired) electrons. The van der Waals surface area contributed by atoms with E-state index in [0.29, 0.717) is 34.9 Å². The van der Waals surface area contributed by atoms with Gasteiger partial charge in [0.05, 0.1) is 12.0 Å². The average Bonchev–Trinajstić information content (AvgIpc) is 3.19. The molecule has 0 saturated heterocycles. The van der Waals surface area contributed by atoms with E-state index in [1.807, 2.05) is 43.3 Å². The van der Waals surface area contributed by atoms with Crippen molar-refractivity contribution in [3.05, 3.63) is 68.3 Å². The molecular weight excluding hydrogens is 480 g/mol. The topological polar surface area (TPSA) is 71.7 Å². The Kier molecular flexibility index (Phi) is 5.11. The molecule has 3 aliphatic rings. The summed E-state index contributed by atoms with van der Waals surface area (Å²) in [6, 6.07) is 13.7. The van der Waals surface area contributed by atoms with Gasteiger partial charge in [0.2, 0.25) is 6.79 Å². The lowest BCUT2D eigenvalue weighted by molar-refractivity contribution is -0.116. The van der Waals surface area contributed by atoms with E-state index in [1.165, 1.54) is 0 Å². The van der Waals surface area contributed by atoms with Crippen LogP contribution in [0.4, 0.5) is 0 Å². The van der Waals surface area contributed by atoms with Crippen molar-refractivity contribution in [3.8, 4) is 17.6 Å². The van der Waals surface area contributed by atoms with E-state index in [-0.39, 0.29) is 18.5 Å². The Bertz CT molecular complexity index is 1200. The van der Waals surface area contributed by atoms with E-state index < -0.39 is 11.8 Å². The van der Waals surface area contributed by atoms with Crippen LogP contribution in [0.15, 0.2) is 57.1 Å². The number of rotatable bonds is 2. The molecule has 5 nitrogen and oxygen atoms in total. The molecule has 1 unspecified atom stereocenters. The molecule has 0 bridgehead atoms. The van der Waals surface area contributed by atoms with Crippen molar-refractivity contribution in [3.63, 3.8) is 0 Å². The summed E-state index contributed by atoms with van der Waals surface area (Å²) in [5, 5.41) is 10.6. The highest BCUT2D eigenvalue weighted by Gasteiger charge is 2.42. The number of ether oxygens (including phenoxy) is 2. The summed E-state index contributed by atoms with van der Waals surface area (Å²) in [4.78, 5) is 18.2. The molecule has 0 fully saturated rings. The van der Waals surface area contributed by atoms with Gasteiger partial charge in [0.1, 0.15) is 0 Å². The van der Waals surface area contributed by atoms with Crippen LogP contribution in [0.2, 0.25) is 5.02 Å². The monoisotopic (exact) mass is 496 g/mol. The summed E-state index contributed by atoms with van der Waals surface area (Å²) < 4.78 is 11.8. The second-order valence-electron chi connectivity index (χ2n) is 8.00. The predicted molar refractivity (Wildman–Crippen MR) is 121 cm³/mol. The molecule has 2 heterocycles. The number of nitrogens with zero attached hydrogens (tertiary/aromatic N) is 2. The van der Waals surface area contributed by atoms with Gasteiger partial charge in [-0.25, -0.2) is 0 Å². The lowest BCUT2D eigenvalue weighted by atomic mass is 9.69. The van der Waals surface area contributed by atoms with E-state index in [1.54, 1.807) is 0 Å². The lowest BCUT2D eigenvalue weighted by Crippen LogP contribution is -2.32. The molecule has 2 aliphatic heterocycles. The van der Waals surface area contributed by atoms with Crippen LogP contribution in [-0.4, -0.2) is 18.3 Å². The number of benzene rings is 2. The smallest absolute Gasteiger partial charge is 0.231 e. The van der Waals surface area contributed by atoms with E-state index in [4.69, 9.17) is 26.1 Å². The fourth-order valence-corrected chi connectivity index (χ4v) is 5.40. The molecule has 5 rings (SSSR count). The van der Waals surface area contributed by atoms with Gasteiger partial charge in [0.25, 0.3) is 0 Å². The van der Waals surface area contributed by atoms with Crippen LogP contribution >= 0.6 is 27.5 Å². The Morgan fingerprint density at radius 3 is 2.58 bits per heavy atom. The second-order valence-corrected chi connectivity index (χ2v) is 9.30. The first kappa shape index (κ1) is 20.3. The first-order chi connectivity index (χ1) is 15.0. The van der Waals surface area contributed by atoms with E-state index in [2.05, 4.69) is 22.0 Å². The van der Waals surface area contributed by atoms with Crippen LogP contribution in [0.1, 0.15) is 42.7 Å². The van der Waals surface area contributed by atoms with Crippen LogP contribution in [0.3, 0.4) is 0 Å². The highest BCUT2D eigenvalue weighted by atomic mass is 79.9. The Labute approximate surface area is 193 Å². The number of aliphatic imine (C=N–C) groups is 1. The highest BCUT2D eigenvalue weighted by Crippen LogP contribution is 2.50. The van der Waals surface area contributed by atoms with Crippen molar-refractivity contribution in [2.75, 3.05) is 6.79 Å².